The number of halogens is 2. The second-order valence-electron chi connectivity index (χ2n) is 2.42. The third-order valence-electron chi connectivity index (χ3n) is 1.64. The minimum absolute atomic E-state index is 0.464. The van der Waals surface area contributed by atoms with Crippen LogP contribution in [-0.4, -0.2) is 11.2 Å². The zero-order chi connectivity index (χ0) is 9.14. The van der Waals surface area contributed by atoms with Gasteiger partial charge in [0.2, 0.25) is 0 Å². The van der Waals surface area contributed by atoms with Crippen LogP contribution in [0.1, 0.15) is 17.7 Å². The van der Waals surface area contributed by atoms with Crippen LogP contribution in [-0.2, 0) is 0 Å². The number of hydrogen-bond acceptors (Lipinski definition) is 2. The van der Waals surface area contributed by atoms with Crippen LogP contribution in [0.25, 0.3) is 0 Å². The number of thioether (sulfide) groups is 1. The van der Waals surface area contributed by atoms with E-state index in [9.17, 15) is 0 Å². The van der Waals surface area contributed by atoms with Gasteiger partial charge in [0.25, 0.3) is 0 Å². The lowest BCUT2D eigenvalue weighted by atomic mass is 10.2. The number of rotatable bonds is 2. The molecule has 1 atom stereocenters. The summed E-state index contributed by atoms with van der Waals surface area (Å²) < 4.78 is 0.863. The molecule has 12 heavy (non-hydrogen) atoms. The lowest BCUT2D eigenvalue weighted by molar-refractivity contribution is 1.07. The Kier molecular flexibility index (Phi) is 3.87. The first-order valence-electron chi connectivity index (χ1n) is 3.49. The van der Waals surface area contributed by atoms with E-state index in [4.69, 9.17) is 11.6 Å². The molecular formula is C8H9BrClNS. The number of hydrogen-bond donors (Lipinski definition) is 0. The summed E-state index contributed by atoms with van der Waals surface area (Å²) in [6.07, 6.45) is 3.89. The van der Waals surface area contributed by atoms with Gasteiger partial charge in [-0.25, -0.2) is 4.98 Å². The monoisotopic (exact) mass is 265 g/mol. The summed E-state index contributed by atoms with van der Waals surface area (Å²) in [7, 11) is 0. The van der Waals surface area contributed by atoms with Gasteiger partial charge >= 0.3 is 0 Å². The molecule has 66 valence electrons. The molecule has 1 rings (SSSR count). The molecule has 0 N–H and O–H groups in total. The van der Waals surface area contributed by atoms with E-state index in [0.717, 1.165) is 4.47 Å². The Morgan fingerprint density at radius 3 is 2.83 bits per heavy atom. The molecule has 1 aromatic heterocycles. The summed E-state index contributed by atoms with van der Waals surface area (Å²) in [6, 6.07) is 2.01. The lowest BCUT2D eigenvalue weighted by Gasteiger charge is -2.08. The topological polar surface area (TPSA) is 12.9 Å². The van der Waals surface area contributed by atoms with Crippen molar-refractivity contribution in [3.63, 3.8) is 0 Å². The summed E-state index contributed by atoms with van der Waals surface area (Å²) >= 11 is 10.9. The van der Waals surface area contributed by atoms with Gasteiger partial charge < -0.3 is 0 Å². The highest BCUT2D eigenvalue weighted by Crippen LogP contribution is 2.29. The second-order valence-corrected chi connectivity index (χ2v) is 4.81. The first kappa shape index (κ1) is 10.4. The number of nitrogens with zero attached hydrogens (tertiary/aromatic N) is 1. The molecule has 0 bridgehead atoms. The fourth-order valence-corrected chi connectivity index (χ4v) is 1.67. The van der Waals surface area contributed by atoms with Crippen LogP contribution in [0.5, 0.6) is 0 Å². The average Bonchev–Trinajstić information content (AvgIpc) is 2.08. The van der Waals surface area contributed by atoms with Crippen LogP contribution in [0.15, 0.2) is 16.7 Å². The van der Waals surface area contributed by atoms with Crippen molar-refractivity contribution >= 4 is 39.3 Å². The van der Waals surface area contributed by atoms with E-state index in [1.807, 2.05) is 12.3 Å². The number of aromatic nitrogens is 1. The van der Waals surface area contributed by atoms with Crippen molar-refractivity contribution in [1.82, 2.24) is 4.98 Å². The van der Waals surface area contributed by atoms with Gasteiger partial charge in [-0.05, 0) is 40.7 Å². The van der Waals surface area contributed by atoms with Crippen molar-refractivity contribution in [2.24, 2.45) is 0 Å². The highest BCUT2D eigenvalue weighted by Gasteiger charge is 2.06. The zero-order valence-electron chi connectivity index (χ0n) is 6.84. The highest BCUT2D eigenvalue weighted by atomic mass is 79.9. The Hall–Kier alpha value is 0.270. The molecule has 0 fully saturated rings. The van der Waals surface area contributed by atoms with Gasteiger partial charge in [0, 0.05) is 11.4 Å². The molecule has 0 aliphatic rings. The van der Waals surface area contributed by atoms with Crippen molar-refractivity contribution in [2.75, 3.05) is 6.26 Å². The molecule has 0 aliphatic heterocycles. The quantitative estimate of drug-likeness (QED) is 0.753. The van der Waals surface area contributed by atoms with E-state index in [2.05, 4.69) is 34.1 Å². The van der Waals surface area contributed by atoms with E-state index >= 15 is 0 Å². The molecular weight excluding hydrogens is 258 g/mol. The van der Waals surface area contributed by atoms with E-state index in [-0.39, 0.29) is 0 Å². The molecule has 1 aromatic rings. The van der Waals surface area contributed by atoms with Crippen LogP contribution >= 0.6 is 39.3 Å². The molecule has 0 aliphatic carbocycles. The molecule has 4 heteroatoms. The van der Waals surface area contributed by atoms with Gasteiger partial charge in [0.15, 0.2) is 0 Å². The maximum atomic E-state index is 5.76. The van der Waals surface area contributed by atoms with Gasteiger partial charge in [-0.1, -0.05) is 11.6 Å². The fraction of sp³-hybridized carbons (Fsp3) is 0.375. The molecule has 1 heterocycles. The summed E-state index contributed by atoms with van der Waals surface area (Å²) in [5, 5.41) is 0.984. The van der Waals surface area contributed by atoms with Crippen molar-refractivity contribution < 1.29 is 0 Å². The predicted octanol–water partition coefficient (Wildman–Crippen LogP) is 3.92. The van der Waals surface area contributed by atoms with Crippen LogP contribution < -0.4 is 0 Å². The summed E-state index contributed by atoms with van der Waals surface area (Å²) in [6.45, 7) is 2.14. The van der Waals surface area contributed by atoms with Crippen molar-refractivity contribution in [2.45, 2.75) is 12.2 Å². The fourth-order valence-electron chi connectivity index (χ4n) is 0.794. The highest BCUT2D eigenvalue weighted by molar-refractivity contribution is 9.10. The molecule has 0 amide bonds. The average molecular weight is 267 g/mol. The third kappa shape index (κ3) is 2.38. The summed E-state index contributed by atoms with van der Waals surface area (Å²) in [5.41, 5.74) is 1.19. The van der Waals surface area contributed by atoms with Crippen molar-refractivity contribution in [1.29, 1.82) is 0 Å². The standard InChI is InChI=1S/C8H9BrClNS/c1-5(12-2)6-3-7(9)8(10)11-4-6/h3-5H,1-2H3. The van der Waals surface area contributed by atoms with Crippen molar-refractivity contribution in [3.05, 3.63) is 27.5 Å². The summed E-state index contributed by atoms with van der Waals surface area (Å²) in [5.74, 6) is 0. The smallest absolute Gasteiger partial charge is 0.143 e. The molecule has 0 saturated heterocycles. The Morgan fingerprint density at radius 2 is 2.33 bits per heavy atom. The zero-order valence-corrected chi connectivity index (χ0v) is 10.0. The van der Waals surface area contributed by atoms with E-state index < -0.39 is 0 Å². The van der Waals surface area contributed by atoms with Gasteiger partial charge in [-0.15, -0.1) is 0 Å². The first-order valence-corrected chi connectivity index (χ1v) is 5.94. The Morgan fingerprint density at radius 1 is 1.67 bits per heavy atom. The number of pyridine rings is 1. The second kappa shape index (κ2) is 4.49. The SMILES string of the molecule is CSC(C)c1cnc(Cl)c(Br)c1. The largest absolute Gasteiger partial charge is 0.243 e. The maximum absolute atomic E-state index is 5.76. The van der Waals surface area contributed by atoms with E-state index in [1.165, 1.54) is 5.56 Å². The third-order valence-corrected chi connectivity index (χ3v) is 3.75. The van der Waals surface area contributed by atoms with Crippen LogP contribution in [0.3, 0.4) is 0 Å². The Labute approximate surface area is 90.0 Å². The molecule has 0 radical (unpaired) electrons. The van der Waals surface area contributed by atoms with Crippen molar-refractivity contribution in [3.8, 4) is 0 Å². The molecule has 0 saturated carbocycles. The Balaban J connectivity index is 2.96. The van der Waals surface area contributed by atoms with E-state index in [0.29, 0.717) is 10.4 Å². The van der Waals surface area contributed by atoms with Gasteiger partial charge in [0.05, 0.1) is 4.47 Å². The van der Waals surface area contributed by atoms with Gasteiger partial charge in [-0.3, -0.25) is 0 Å². The summed E-state index contributed by atoms with van der Waals surface area (Å²) in [4.78, 5) is 4.05. The van der Waals surface area contributed by atoms with Crippen LogP contribution in [0.2, 0.25) is 5.15 Å². The normalized spacial score (nSPS) is 13.0. The molecule has 0 aromatic carbocycles. The van der Waals surface area contributed by atoms with E-state index in [1.54, 1.807) is 11.8 Å². The predicted molar refractivity (Wildman–Crippen MR) is 58.9 cm³/mol. The molecule has 1 unspecified atom stereocenters. The Bertz CT molecular complexity index is 280. The van der Waals surface area contributed by atoms with Gasteiger partial charge in [0.1, 0.15) is 5.15 Å². The molecule has 0 spiro atoms. The van der Waals surface area contributed by atoms with Crippen LogP contribution in [0.4, 0.5) is 0 Å². The maximum Gasteiger partial charge on any atom is 0.143 e. The van der Waals surface area contributed by atoms with Crippen LogP contribution in [0, 0.1) is 0 Å². The minimum atomic E-state index is 0.464. The molecule has 1 nitrogen and oxygen atoms in total. The minimum Gasteiger partial charge on any atom is -0.243 e. The lowest BCUT2D eigenvalue weighted by Crippen LogP contribution is -1.89. The van der Waals surface area contributed by atoms with Gasteiger partial charge in [-0.2, -0.15) is 11.8 Å². The first-order chi connectivity index (χ1) is 5.65.